The van der Waals surface area contributed by atoms with E-state index in [4.69, 9.17) is 9.47 Å². The number of carbonyl (C=O) groups excluding carboxylic acids is 1. The van der Waals surface area contributed by atoms with E-state index < -0.39 is 0 Å². The molecule has 1 aromatic rings. The summed E-state index contributed by atoms with van der Waals surface area (Å²) in [4.78, 5) is 12.5. The first-order chi connectivity index (χ1) is 10.6. The van der Waals surface area contributed by atoms with Crippen LogP contribution in [0.25, 0.3) is 0 Å². The van der Waals surface area contributed by atoms with E-state index in [1.165, 1.54) is 0 Å². The van der Waals surface area contributed by atoms with Crippen molar-refractivity contribution in [2.45, 2.75) is 38.9 Å². The number of rotatable bonds is 5. The number of ketones is 1. The Balaban J connectivity index is 1.62. The van der Waals surface area contributed by atoms with Crippen molar-refractivity contribution in [2.75, 3.05) is 7.11 Å². The third-order valence-corrected chi connectivity index (χ3v) is 5.39. The van der Waals surface area contributed by atoms with Gasteiger partial charge in [-0.1, -0.05) is 18.2 Å². The van der Waals surface area contributed by atoms with E-state index >= 15 is 0 Å². The molecule has 2 aliphatic rings. The molecule has 2 aliphatic carbocycles. The van der Waals surface area contributed by atoms with Crippen LogP contribution in [0.2, 0.25) is 0 Å². The summed E-state index contributed by atoms with van der Waals surface area (Å²) in [6.45, 7) is 6.46. The van der Waals surface area contributed by atoms with Crippen molar-refractivity contribution in [3.8, 4) is 5.75 Å². The second-order valence-electron chi connectivity index (χ2n) is 6.74. The Kier molecular flexibility index (Phi) is 4.09. The molecule has 3 nitrogen and oxygen atoms in total. The number of fused-ring (bicyclic) bond motifs is 1. The fourth-order valence-electron chi connectivity index (χ4n) is 3.96. The topological polar surface area (TPSA) is 35.5 Å². The van der Waals surface area contributed by atoms with Crippen LogP contribution in [0.4, 0.5) is 0 Å². The average Bonchev–Trinajstić information content (AvgIpc) is 3.05. The fraction of sp³-hybridized carbons (Fsp3) is 0.526. The van der Waals surface area contributed by atoms with Crippen LogP contribution in [-0.2, 0) is 16.1 Å². The fourth-order valence-corrected chi connectivity index (χ4v) is 3.96. The molecule has 0 bridgehead atoms. The molecule has 0 aromatic heterocycles. The molecule has 0 aliphatic heterocycles. The molecule has 4 atom stereocenters. The largest absolute Gasteiger partial charge is 0.497 e. The van der Waals surface area contributed by atoms with Crippen molar-refractivity contribution in [1.82, 2.24) is 0 Å². The molecule has 3 rings (SSSR count). The molecule has 0 saturated heterocycles. The van der Waals surface area contributed by atoms with Crippen LogP contribution in [0.15, 0.2) is 36.9 Å². The van der Waals surface area contributed by atoms with Gasteiger partial charge in [0.15, 0.2) is 0 Å². The SMILES string of the molecule is C=C[C@]1(C)C[C@H]2[C@H](OCc3ccc(OC)cc3)CC[C@H]2C1=O. The molecule has 2 fully saturated rings. The predicted octanol–water partition coefficient (Wildman–Crippen LogP) is 3.77. The Morgan fingerprint density at radius 2 is 2.05 bits per heavy atom. The summed E-state index contributed by atoms with van der Waals surface area (Å²) in [5, 5.41) is 0. The molecule has 1 aromatic carbocycles. The lowest BCUT2D eigenvalue weighted by Crippen LogP contribution is -2.22. The zero-order valence-electron chi connectivity index (χ0n) is 13.4. The Morgan fingerprint density at radius 1 is 1.32 bits per heavy atom. The summed E-state index contributed by atoms with van der Waals surface area (Å²) in [6.07, 6.45) is 4.85. The van der Waals surface area contributed by atoms with E-state index in [9.17, 15) is 4.79 Å². The summed E-state index contributed by atoms with van der Waals surface area (Å²) < 4.78 is 11.3. The van der Waals surface area contributed by atoms with Gasteiger partial charge in [0.1, 0.15) is 11.5 Å². The number of methoxy groups -OCH3 is 1. The maximum absolute atomic E-state index is 12.5. The standard InChI is InChI=1S/C19H24O3/c1-4-19(2)11-16-15(18(19)20)9-10-17(16)22-12-13-5-7-14(21-3)8-6-13/h4-8,15-17H,1,9-12H2,2-3H3/t15-,16-,17-,19-/m1/s1. The molecule has 0 radical (unpaired) electrons. The maximum Gasteiger partial charge on any atom is 0.145 e. The quantitative estimate of drug-likeness (QED) is 0.776. The van der Waals surface area contributed by atoms with Gasteiger partial charge in [0.2, 0.25) is 0 Å². The number of carbonyl (C=O) groups is 1. The number of Topliss-reactive ketones (excluding diaryl/α,β-unsaturated/α-hetero) is 1. The van der Waals surface area contributed by atoms with Crippen LogP contribution in [0.3, 0.4) is 0 Å². The minimum atomic E-state index is -0.350. The van der Waals surface area contributed by atoms with Crippen molar-refractivity contribution >= 4 is 5.78 Å². The summed E-state index contributed by atoms with van der Waals surface area (Å²) in [5.41, 5.74) is 0.789. The molecule has 0 heterocycles. The smallest absolute Gasteiger partial charge is 0.145 e. The molecular weight excluding hydrogens is 276 g/mol. The van der Waals surface area contributed by atoms with E-state index in [2.05, 4.69) is 6.58 Å². The second-order valence-corrected chi connectivity index (χ2v) is 6.74. The van der Waals surface area contributed by atoms with Crippen LogP contribution in [0.5, 0.6) is 5.75 Å². The first-order valence-corrected chi connectivity index (χ1v) is 8.00. The highest BCUT2D eigenvalue weighted by molar-refractivity contribution is 5.91. The molecule has 0 spiro atoms. The molecule has 0 amide bonds. The van der Waals surface area contributed by atoms with Crippen LogP contribution in [0, 0.1) is 17.3 Å². The number of hydrogen-bond acceptors (Lipinski definition) is 3. The molecule has 0 N–H and O–H groups in total. The third-order valence-electron chi connectivity index (χ3n) is 5.39. The zero-order valence-corrected chi connectivity index (χ0v) is 13.4. The third kappa shape index (κ3) is 2.58. The number of benzene rings is 1. The summed E-state index contributed by atoms with van der Waals surface area (Å²) in [6, 6.07) is 7.95. The van der Waals surface area contributed by atoms with Crippen LogP contribution in [0.1, 0.15) is 31.7 Å². The van der Waals surface area contributed by atoms with Crippen molar-refractivity contribution in [2.24, 2.45) is 17.3 Å². The Hall–Kier alpha value is -1.61. The van der Waals surface area contributed by atoms with Crippen molar-refractivity contribution < 1.29 is 14.3 Å². The van der Waals surface area contributed by atoms with Gasteiger partial charge in [-0.15, -0.1) is 6.58 Å². The Morgan fingerprint density at radius 3 is 2.68 bits per heavy atom. The van der Waals surface area contributed by atoms with Crippen LogP contribution >= 0.6 is 0 Å². The molecule has 118 valence electrons. The Labute approximate surface area is 132 Å². The molecule has 0 unspecified atom stereocenters. The van der Waals surface area contributed by atoms with E-state index in [1.807, 2.05) is 37.3 Å². The number of ether oxygens (including phenoxy) is 2. The van der Waals surface area contributed by atoms with Crippen LogP contribution < -0.4 is 4.74 Å². The summed E-state index contributed by atoms with van der Waals surface area (Å²) in [7, 11) is 1.66. The number of hydrogen-bond donors (Lipinski definition) is 0. The molecule has 3 heteroatoms. The minimum Gasteiger partial charge on any atom is -0.497 e. The first kappa shape index (κ1) is 15.3. The van der Waals surface area contributed by atoms with Crippen LogP contribution in [-0.4, -0.2) is 19.0 Å². The Bertz CT molecular complexity index is 563. The second kappa shape index (κ2) is 5.88. The highest BCUT2D eigenvalue weighted by Gasteiger charge is 2.54. The first-order valence-electron chi connectivity index (χ1n) is 8.00. The van der Waals surface area contributed by atoms with Gasteiger partial charge >= 0.3 is 0 Å². The normalized spacial score (nSPS) is 33.7. The highest BCUT2D eigenvalue weighted by Crippen LogP contribution is 2.51. The van der Waals surface area contributed by atoms with Gasteiger partial charge in [0.25, 0.3) is 0 Å². The average molecular weight is 300 g/mol. The van der Waals surface area contributed by atoms with E-state index in [1.54, 1.807) is 7.11 Å². The van der Waals surface area contributed by atoms with E-state index in [-0.39, 0.29) is 17.4 Å². The van der Waals surface area contributed by atoms with Gasteiger partial charge < -0.3 is 9.47 Å². The van der Waals surface area contributed by atoms with Gasteiger partial charge in [-0.2, -0.15) is 0 Å². The molecular formula is C19H24O3. The summed E-state index contributed by atoms with van der Waals surface area (Å²) in [5.74, 6) is 1.74. The van der Waals surface area contributed by atoms with E-state index in [0.717, 1.165) is 30.6 Å². The lowest BCUT2D eigenvalue weighted by Gasteiger charge is -2.22. The van der Waals surface area contributed by atoms with Gasteiger partial charge in [0.05, 0.1) is 19.8 Å². The summed E-state index contributed by atoms with van der Waals surface area (Å²) >= 11 is 0. The van der Waals surface area contributed by atoms with Gasteiger partial charge in [-0.3, -0.25) is 4.79 Å². The lowest BCUT2D eigenvalue weighted by atomic mass is 9.85. The molecule has 2 saturated carbocycles. The van der Waals surface area contributed by atoms with Gasteiger partial charge in [-0.05, 0) is 49.8 Å². The van der Waals surface area contributed by atoms with Crippen molar-refractivity contribution in [3.63, 3.8) is 0 Å². The lowest BCUT2D eigenvalue weighted by molar-refractivity contribution is -0.126. The zero-order chi connectivity index (χ0) is 15.7. The maximum atomic E-state index is 12.5. The predicted molar refractivity (Wildman–Crippen MR) is 85.7 cm³/mol. The van der Waals surface area contributed by atoms with Gasteiger partial charge in [0, 0.05) is 11.3 Å². The van der Waals surface area contributed by atoms with Crippen molar-refractivity contribution in [1.29, 1.82) is 0 Å². The highest BCUT2D eigenvalue weighted by atomic mass is 16.5. The minimum absolute atomic E-state index is 0.170. The number of allylic oxidation sites excluding steroid dienone is 1. The van der Waals surface area contributed by atoms with Gasteiger partial charge in [-0.25, -0.2) is 0 Å². The monoisotopic (exact) mass is 300 g/mol. The van der Waals surface area contributed by atoms with Crippen molar-refractivity contribution in [3.05, 3.63) is 42.5 Å². The molecule has 22 heavy (non-hydrogen) atoms. The van der Waals surface area contributed by atoms with E-state index in [0.29, 0.717) is 18.3 Å².